The van der Waals surface area contributed by atoms with E-state index in [1.807, 2.05) is 0 Å². The van der Waals surface area contributed by atoms with Crippen molar-refractivity contribution in [3.8, 4) is 0 Å². The van der Waals surface area contributed by atoms with Gasteiger partial charge in [0.05, 0.1) is 0 Å². The fourth-order valence-corrected chi connectivity index (χ4v) is 0.853. The van der Waals surface area contributed by atoms with Crippen LogP contribution in [0.25, 0.3) is 11.0 Å². The minimum atomic E-state index is 0.433. The summed E-state index contributed by atoms with van der Waals surface area (Å²) in [5.41, 5.74) is 0.986. The molecule has 2 heterocycles. The van der Waals surface area contributed by atoms with Crippen LogP contribution in [0.2, 0.25) is 0 Å². The van der Waals surface area contributed by atoms with Crippen molar-refractivity contribution >= 4 is 11.0 Å². The van der Waals surface area contributed by atoms with E-state index in [9.17, 15) is 5.21 Å². The van der Waals surface area contributed by atoms with E-state index in [0.29, 0.717) is 15.8 Å². The van der Waals surface area contributed by atoms with E-state index in [4.69, 9.17) is 0 Å². The summed E-state index contributed by atoms with van der Waals surface area (Å²) < 4.78 is 0.705. The molecule has 2 rings (SSSR count). The molecule has 5 nitrogen and oxygen atoms in total. The highest BCUT2D eigenvalue weighted by molar-refractivity contribution is 5.67. The van der Waals surface area contributed by atoms with Crippen LogP contribution < -0.4 is 4.73 Å². The monoisotopic (exact) mass is 148 g/mol. The highest BCUT2D eigenvalue weighted by atomic mass is 16.5. The minimum absolute atomic E-state index is 0.433. The number of rotatable bonds is 0. The highest BCUT2D eigenvalue weighted by Gasteiger charge is 2.01. The maximum absolute atomic E-state index is 11.0. The van der Waals surface area contributed by atoms with Gasteiger partial charge in [-0.1, -0.05) is 0 Å². The van der Waals surface area contributed by atoms with Gasteiger partial charge in [0.25, 0.3) is 5.52 Å². The first kappa shape index (κ1) is 5.96. The van der Waals surface area contributed by atoms with Gasteiger partial charge in [-0.05, 0) is 11.3 Å². The first-order chi connectivity index (χ1) is 5.38. The van der Waals surface area contributed by atoms with Crippen molar-refractivity contribution in [1.29, 1.82) is 0 Å². The number of hydrogen-bond donors (Lipinski definition) is 0. The van der Waals surface area contributed by atoms with Crippen LogP contribution >= 0.6 is 0 Å². The molecular formula is C6H4N4O. The molecule has 0 saturated carbocycles. The molecule has 0 atom stereocenters. The van der Waals surface area contributed by atoms with Gasteiger partial charge >= 0.3 is 0 Å². The van der Waals surface area contributed by atoms with Crippen LogP contribution in [-0.2, 0) is 0 Å². The molecule has 0 N–H and O–H groups in total. The Morgan fingerprint density at radius 2 is 2.36 bits per heavy atom. The molecule has 0 unspecified atom stereocenters. The van der Waals surface area contributed by atoms with Gasteiger partial charge in [-0.15, -0.1) is 10.2 Å². The third kappa shape index (κ3) is 0.861. The van der Waals surface area contributed by atoms with Crippen LogP contribution in [0.1, 0.15) is 0 Å². The second-order valence-corrected chi connectivity index (χ2v) is 2.04. The Balaban J connectivity index is 2.91. The zero-order valence-corrected chi connectivity index (χ0v) is 5.51. The number of pyridine rings is 1. The molecule has 2 aromatic heterocycles. The lowest BCUT2D eigenvalue weighted by atomic mass is 10.4. The molecule has 0 aromatic carbocycles. The fourth-order valence-electron chi connectivity index (χ4n) is 0.853. The molecule has 11 heavy (non-hydrogen) atoms. The van der Waals surface area contributed by atoms with Crippen molar-refractivity contribution in [3.05, 3.63) is 29.7 Å². The van der Waals surface area contributed by atoms with Crippen molar-refractivity contribution in [1.82, 2.24) is 15.4 Å². The lowest BCUT2D eigenvalue weighted by molar-refractivity contribution is -0.577. The normalized spacial score (nSPS) is 10.2. The lowest BCUT2D eigenvalue weighted by Gasteiger charge is -1.96. The SMILES string of the molecule is [O-][n+]1cccc2nnncc21. The van der Waals surface area contributed by atoms with Gasteiger partial charge in [-0.2, -0.15) is 4.73 Å². The summed E-state index contributed by atoms with van der Waals surface area (Å²) in [6.07, 6.45) is 2.78. The molecule has 0 radical (unpaired) electrons. The van der Waals surface area contributed by atoms with Gasteiger partial charge in [-0.25, -0.2) is 0 Å². The average Bonchev–Trinajstić information content (AvgIpc) is 2.06. The molecule has 54 valence electrons. The zero-order valence-electron chi connectivity index (χ0n) is 5.51. The summed E-state index contributed by atoms with van der Waals surface area (Å²) >= 11 is 0. The van der Waals surface area contributed by atoms with E-state index in [0.717, 1.165) is 0 Å². The first-order valence-corrected chi connectivity index (χ1v) is 3.04. The third-order valence-electron chi connectivity index (χ3n) is 1.36. The average molecular weight is 148 g/mol. The van der Waals surface area contributed by atoms with E-state index >= 15 is 0 Å². The van der Waals surface area contributed by atoms with Crippen molar-refractivity contribution in [3.63, 3.8) is 0 Å². The molecule has 0 amide bonds. The molecule has 0 aliphatic carbocycles. The number of hydrogen-bond acceptors (Lipinski definition) is 4. The smallest absolute Gasteiger partial charge is 0.264 e. The van der Waals surface area contributed by atoms with Crippen LogP contribution in [0.5, 0.6) is 0 Å². The number of fused-ring (bicyclic) bond motifs is 1. The van der Waals surface area contributed by atoms with Crippen molar-refractivity contribution in [2.75, 3.05) is 0 Å². The van der Waals surface area contributed by atoms with Crippen molar-refractivity contribution < 1.29 is 4.73 Å². The van der Waals surface area contributed by atoms with Crippen LogP contribution in [0.4, 0.5) is 0 Å². The molecule has 0 aliphatic rings. The summed E-state index contributed by atoms with van der Waals surface area (Å²) in [5, 5.41) is 21.5. The Kier molecular flexibility index (Phi) is 1.15. The highest BCUT2D eigenvalue weighted by Crippen LogP contribution is 1.99. The third-order valence-corrected chi connectivity index (χ3v) is 1.36. The van der Waals surface area contributed by atoms with E-state index < -0.39 is 0 Å². The standard InChI is InChI=1S/C6H4N4O/c11-10-3-1-2-5-6(10)4-7-9-8-5/h1-4H. The van der Waals surface area contributed by atoms with E-state index in [2.05, 4.69) is 15.4 Å². The molecule has 0 bridgehead atoms. The van der Waals surface area contributed by atoms with Crippen LogP contribution in [0.3, 0.4) is 0 Å². The summed E-state index contributed by atoms with van der Waals surface area (Å²) in [7, 11) is 0. The Hall–Kier alpha value is -1.78. The van der Waals surface area contributed by atoms with Gasteiger partial charge < -0.3 is 5.21 Å². The number of nitrogens with zero attached hydrogens (tertiary/aromatic N) is 4. The van der Waals surface area contributed by atoms with Crippen molar-refractivity contribution in [2.45, 2.75) is 0 Å². The summed E-state index contributed by atoms with van der Waals surface area (Å²) in [4.78, 5) is 0. The summed E-state index contributed by atoms with van der Waals surface area (Å²) in [6.45, 7) is 0. The van der Waals surface area contributed by atoms with Gasteiger partial charge in [0.2, 0.25) is 0 Å². The van der Waals surface area contributed by atoms with Crippen LogP contribution in [0, 0.1) is 5.21 Å². The second kappa shape index (κ2) is 2.12. The topological polar surface area (TPSA) is 65.6 Å². The van der Waals surface area contributed by atoms with E-state index in [-0.39, 0.29) is 0 Å². The zero-order chi connectivity index (χ0) is 7.68. The van der Waals surface area contributed by atoms with Crippen molar-refractivity contribution in [2.24, 2.45) is 0 Å². The fraction of sp³-hybridized carbons (Fsp3) is 0. The molecule has 0 spiro atoms. The molecular weight excluding hydrogens is 144 g/mol. The Labute approximate surface area is 61.9 Å². The van der Waals surface area contributed by atoms with Gasteiger partial charge in [0, 0.05) is 6.07 Å². The second-order valence-electron chi connectivity index (χ2n) is 2.04. The van der Waals surface area contributed by atoms with Crippen LogP contribution in [0.15, 0.2) is 24.5 Å². The molecule has 0 saturated heterocycles. The van der Waals surface area contributed by atoms with Crippen LogP contribution in [-0.4, -0.2) is 15.4 Å². The predicted octanol–water partition coefficient (Wildman–Crippen LogP) is -0.342. The summed E-state index contributed by atoms with van der Waals surface area (Å²) in [6, 6.07) is 3.32. The van der Waals surface area contributed by atoms with E-state index in [1.54, 1.807) is 12.1 Å². The minimum Gasteiger partial charge on any atom is -0.618 e. The van der Waals surface area contributed by atoms with Gasteiger partial charge in [-0.3, -0.25) is 0 Å². The quantitative estimate of drug-likeness (QED) is 0.378. The molecule has 0 fully saturated rings. The lowest BCUT2D eigenvalue weighted by Crippen LogP contribution is -2.26. The molecule has 0 aliphatic heterocycles. The summed E-state index contributed by atoms with van der Waals surface area (Å²) in [5.74, 6) is 0. The molecule has 5 heteroatoms. The van der Waals surface area contributed by atoms with Gasteiger partial charge in [0.1, 0.15) is 6.20 Å². The van der Waals surface area contributed by atoms with E-state index in [1.165, 1.54) is 12.4 Å². The number of aromatic nitrogens is 4. The Bertz CT molecular complexity index is 384. The maximum Gasteiger partial charge on any atom is 0.264 e. The predicted molar refractivity (Wildman–Crippen MR) is 36.3 cm³/mol. The largest absolute Gasteiger partial charge is 0.618 e. The maximum atomic E-state index is 11.0. The van der Waals surface area contributed by atoms with Gasteiger partial charge in [0.15, 0.2) is 11.7 Å². The molecule has 2 aromatic rings. The Morgan fingerprint density at radius 3 is 3.18 bits per heavy atom. The Morgan fingerprint density at radius 1 is 1.45 bits per heavy atom. The first-order valence-electron chi connectivity index (χ1n) is 3.04.